The van der Waals surface area contributed by atoms with Crippen LogP contribution >= 0.6 is 23.3 Å². The van der Waals surface area contributed by atoms with Crippen LogP contribution in [0.1, 0.15) is 13.8 Å². The maximum absolute atomic E-state index is 12.2. The normalized spacial score (nSPS) is 11.4. The van der Waals surface area contributed by atoms with Crippen LogP contribution in [0.25, 0.3) is 11.0 Å². The number of aromatic nitrogens is 2. The van der Waals surface area contributed by atoms with E-state index < -0.39 is 17.5 Å². The minimum absolute atomic E-state index is 0.310. The number of fused-ring (bicyclic) bond motifs is 1. The van der Waals surface area contributed by atoms with Gasteiger partial charge in [0.25, 0.3) is 0 Å². The minimum atomic E-state index is -1.36. The number of amides is 2. The summed E-state index contributed by atoms with van der Waals surface area (Å²) in [5.74, 6) is -1.11. The minimum Gasteiger partial charge on any atom is -0.480 e. The molecule has 21 heavy (non-hydrogen) atoms. The van der Waals surface area contributed by atoms with Gasteiger partial charge in [-0.15, -0.1) is 0 Å². The predicted molar refractivity (Wildman–Crippen MR) is 80.9 cm³/mol. The summed E-state index contributed by atoms with van der Waals surface area (Å²) >= 11 is 7.08. The van der Waals surface area contributed by atoms with Gasteiger partial charge in [0, 0.05) is 7.05 Å². The molecule has 0 radical (unpaired) electrons. The molecule has 0 saturated carbocycles. The average molecular weight is 329 g/mol. The fourth-order valence-corrected chi connectivity index (χ4v) is 2.28. The second kappa shape index (κ2) is 5.45. The van der Waals surface area contributed by atoms with Crippen LogP contribution in [-0.4, -0.2) is 43.3 Å². The molecule has 1 heterocycles. The van der Waals surface area contributed by atoms with Gasteiger partial charge < -0.3 is 15.3 Å². The van der Waals surface area contributed by atoms with Gasteiger partial charge >= 0.3 is 12.0 Å². The van der Waals surface area contributed by atoms with Crippen molar-refractivity contribution < 1.29 is 14.7 Å². The molecule has 0 spiro atoms. The Bertz CT molecular complexity index is 716. The molecular weight excluding hydrogens is 316 g/mol. The number of benzene rings is 1. The number of aliphatic carboxylic acids is 1. The van der Waals surface area contributed by atoms with E-state index in [0.717, 1.165) is 16.6 Å². The third-order valence-electron chi connectivity index (χ3n) is 3.28. The number of urea groups is 1. The van der Waals surface area contributed by atoms with Gasteiger partial charge in [0.15, 0.2) is 0 Å². The van der Waals surface area contributed by atoms with Crippen molar-refractivity contribution in [1.29, 1.82) is 0 Å². The first kappa shape index (κ1) is 15.5. The van der Waals surface area contributed by atoms with E-state index in [1.54, 1.807) is 12.1 Å². The summed E-state index contributed by atoms with van der Waals surface area (Å²) < 4.78 is 8.15. The molecule has 0 fully saturated rings. The van der Waals surface area contributed by atoms with Crippen LogP contribution in [0.3, 0.4) is 0 Å². The van der Waals surface area contributed by atoms with Crippen molar-refractivity contribution in [3.63, 3.8) is 0 Å². The predicted octanol–water partition coefficient (Wildman–Crippen LogP) is 2.67. The van der Waals surface area contributed by atoms with Crippen molar-refractivity contribution in [2.75, 3.05) is 12.4 Å². The molecule has 1 aromatic carbocycles. The fraction of sp³-hybridized carbons (Fsp3) is 0.333. The van der Waals surface area contributed by atoms with E-state index >= 15 is 0 Å². The highest BCUT2D eigenvalue weighted by Gasteiger charge is 2.35. The first-order valence-electron chi connectivity index (χ1n) is 5.94. The van der Waals surface area contributed by atoms with E-state index in [1.165, 1.54) is 20.9 Å². The number of likely N-dealkylation sites (N-methyl/N-ethyl adjacent to an activating group) is 1. The lowest BCUT2D eigenvalue weighted by molar-refractivity contribution is -0.146. The third kappa shape index (κ3) is 2.77. The first-order chi connectivity index (χ1) is 9.75. The summed E-state index contributed by atoms with van der Waals surface area (Å²) in [5, 5.41) is 12.1. The van der Waals surface area contributed by atoms with E-state index in [-0.39, 0.29) is 0 Å². The van der Waals surface area contributed by atoms with Gasteiger partial charge in [0.1, 0.15) is 16.6 Å². The van der Waals surface area contributed by atoms with Gasteiger partial charge in [-0.2, -0.15) is 8.75 Å². The molecule has 9 heteroatoms. The molecule has 112 valence electrons. The van der Waals surface area contributed by atoms with E-state index in [1.807, 2.05) is 0 Å². The van der Waals surface area contributed by atoms with Crippen LogP contribution < -0.4 is 5.32 Å². The Morgan fingerprint density at radius 1 is 1.38 bits per heavy atom. The number of hydrogen-bond donors (Lipinski definition) is 2. The van der Waals surface area contributed by atoms with Gasteiger partial charge in [-0.1, -0.05) is 11.6 Å². The number of nitrogens with one attached hydrogen (secondary N) is 1. The number of nitrogens with zero attached hydrogens (tertiary/aromatic N) is 3. The summed E-state index contributed by atoms with van der Waals surface area (Å²) in [7, 11) is 1.40. The molecule has 0 atom stereocenters. The Hall–Kier alpha value is -1.93. The largest absolute Gasteiger partial charge is 0.480 e. The molecule has 7 nitrogen and oxygen atoms in total. The number of carbonyl (C=O) groups excluding carboxylic acids is 1. The molecule has 2 N–H and O–H groups in total. The molecule has 0 saturated heterocycles. The third-order valence-corrected chi connectivity index (χ3v) is 4.13. The lowest BCUT2D eigenvalue weighted by Gasteiger charge is -2.31. The molecule has 2 rings (SSSR count). The van der Waals surface area contributed by atoms with Gasteiger partial charge in [0.2, 0.25) is 0 Å². The van der Waals surface area contributed by atoms with Crippen LogP contribution in [0.2, 0.25) is 5.02 Å². The number of carboxylic acid groups (broad SMARTS) is 1. The van der Waals surface area contributed by atoms with Crippen molar-refractivity contribution in [1.82, 2.24) is 13.6 Å². The molecule has 2 aromatic rings. The van der Waals surface area contributed by atoms with Gasteiger partial charge in [0.05, 0.1) is 22.4 Å². The van der Waals surface area contributed by atoms with Gasteiger partial charge in [-0.25, -0.2) is 9.59 Å². The van der Waals surface area contributed by atoms with Crippen LogP contribution in [0, 0.1) is 0 Å². The summed E-state index contributed by atoms with van der Waals surface area (Å²) in [5.41, 5.74) is 0.0494. The van der Waals surface area contributed by atoms with E-state index in [9.17, 15) is 9.59 Å². The van der Waals surface area contributed by atoms with Crippen LogP contribution in [0.15, 0.2) is 12.1 Å². The standard InChI is InChI=1S/C12H13ClN4O3S/c1-12(2,10(18)19)17(3)11(20)14-8-6(13)4-5-7-9(8)16-21-15-7/h4-5H,1-3H3,(H,14,20)(H,18,19). The number of carboxylic acids is 1. The van der Waals surface area contributed by atoms with Crippen LogP contribution in [-0.2, 0) is 4.79 Å². The summed E-state index contributed by atoms with van der Waals surface area (Å²) in [6.07, 6.45) is 0. The summed E-state index contributed by atoms with van der Waals surface area (Å²) in [6, 6.07) is 2.70. The molecule has 0 aliphatic carbocycles. The molecular formula is C12H13ClN4O3S. The average Bonchev–Trinajstić information content (AvgIpc) is 2.89. The summed E-state index contributed by atoms with van der Waals surface area (Å²) in [4.78, 5) is 24.5. The highest BCUT2D eigenvalue weighted by Crippen LogP contribution is 2.30. The van der Waals surface area contributed by atoms with E-state index in [0.29, 0.717) is 21.7 Å². The fourth-order valence-electron chi connectivity index (χ4n) is 1.53. The maximum Gasteiger partial charge on any atom is 0.329 e. The molecule has 0 unspecified atom stereocenters. The van der Waals surface area contributed by atoms with E-state index in [4.69, 9.17) is 16.7 Å². The number of hydrogen-bond acceptors (Lipinski definition) is 5. The SMILES string of the molecule is CN(C(=O)Nc1c(Cl)ccc2nsnc12)C(C)(C)C(=O)O. The monoisotopic (exact) mass is 328 g/mol. The Kier molecular flexibility index (Phi) is 4.02. The van der Waals surface area contributed by atoms with E-state index in [2.05, 4.69) is 14.1 Å². The Morgan fingerprint density at radius 3 is 2.67 bits per heavy atom. The van der Waals surface area contributed by atoms with Crippen molar-refractivity contribution in [2.24, 2.45) is 0 Å². The highest BCUT2D eigenvalue weighted by atomic mass is 35.5. The van der Waals surface area contributed by atoms with Crippen molar-refractivity contribution in [3.05, 3.63) is 17.2 Å². The van der Waals surface area contributed by atoms with Crippen molar-refractivity contribution in [2.45, 2.75) is 19.4 Å². The lowest BCUT2D eigenvalue weighted by Crippen LogP contribution is -2.52. The van der Waals surface area contributed by atoms with Crippen molar-refractivity contribution in [3.8, 4) is 0 Å². The molecule has 0 aliphatic heterocycles. The molecule has 0 aliphatic rings. The Balaban J connectivity index is 2.32. The number of halogens is 1. The smallest absolute Gasteiger partial charge is 0.329 e. The molecule has 0 bridgehead atoms. The zero-order valence-corrected chi connectivity index (χ0v) is 13.1. The summed E-state index contributed by atoms with van der Waals surface area (Å²) in [6.45, 7) is 2.86. The lowest BCUT2D eigenvalue weighted by atomic mass is 10.1. The first-order valence-corrected chi connectivity index (χ1v) is 7.05. The second-order valence-corrected chi connectivity index (χ2v) is 5.84. The maximum atomic E-state index is 12.2. The Morgan fingerprint density at radius 2 is 2.05 bits per heavy atom. The quantitative estimate of drug-likeness (QED) is 0.903. The Labute approximate surface area is 129 Å². The molecule has 2 amide bonds. The molecule has 1 aromatic heterocycles. The zero-order valence-electron chi connectivity index (χ0n) is 11.5. The number of carbonyl (C=O) groups is 2. The zero-order chi connectivity index (χ0) is 15.8. The van der Waals surface area contributed by atoms with Crippen LogP contribution in [0.4, 0.5) is 10.5 Å². The van der Waals surface area contributed by atoms with Gasteiger partial charge in [-0.05, 0) is 26.0 Å². The highest BCUT2D eigenvalue weighted by molar-refractivity contribution is 7.00. The second-order valence-electron chi connectivity index (χ2n) is 4.91. The van der Waals surface area contributed by atoms with Crippen molar-refractivity contribution >= 4 is 52.1 Å². The van der Waals surface area contributed by atoms with Crippen LogP contribution in [0.5, 0.6) is 0 Å². The number of anilines is 1. The number of rotatable bonds is 3. The topological polar surface area (TPSA) is 95.4 Å². The van der Waals surface area contributed by atoms with Gasteiger partial charge in [-0.3, -0.25) is 0 Å².